The SMILES string of the molecule is Nc1cccn(O)c1=S. The lowest BCUT2D eigenvalue weighted by Gasteiger charge is -1.96. The number of nitrogens with two attached hydrogens (primary N) is 1. The molecule has 1 heterocycles. The molecule has 0 saturated carbocycles. The Morgan fingerprint density at radius 2 is 2.33 bits per heavy atom. The molecular formula is C5H6N2OS. The van der Waals surface area contributed by atoms with E-state index in [9.17, 15) is 0 Å². The van der Waals surface area contributed by atoms with Gasteiger partial charge in [0, 0.05) is 6.20 Å². The lowest BCUT2D eigenvalue weighted by molar-refractivity contribution is 0.181. The maximum absolute atomic E-state index is 8.83. The third kappa shape index (κ3) is 1.02. The highest BCUT2D eigenvalue weighted by molar-refractivity contribution is 7.71. The number of anilines is 1. The highest BCUT2D eigenvalue weighted by atomic mass is 32.1. The van der Waals surface area contributed by atoms with Crippen molar-refractivity contribution in [3.05, 3.63) is 23.0 Å². The summed E-state index contributed by atoms with van der Waals surface area (Å²) in [6.07, 6.45) is 1.43. The van der Waals surface area contributed by atoms with Gasteiger partial charge in [-0.1, -0.05) is 12.2 Å². The van der Waals surface area contributed by atoms with Gasteiger partial charge in [0.1, 0.15) is 0 Å². The summed E-state index contributed by atoms with van der Waals surface area (Å²) in [6, 6.07) is 3.25. The molecule has 0 aromatic carbocycles. The van der Waals surface area contributed by atoms with E-state index < -0.39 is 0 Å². The normalized spacial score (nSPS) is 9.33. The Morgan fingerprint density at radius 1 is 1.67 bits per heavy atom. The molecule has 0 aliphatic heterocycles. The Balaban J connectivity index is 3.43. The molecule has 3 nitrogen and oxygen atoms in total. The van der Waals surface area contributed by atoms with Gasteiger partial charge in [0.15, 0.2) is 4.64 Å². The molecule has 0 spiro atoms. The molecular weight excluding hydrogens is 136 g/mol. The van der Waals surface area contributed by atoms with E-state index in [1.165, 1.54) is 6.20 Å². The Labute approximate surface area is 57.3 Å². The van der Waals surface area contributed by atoms with Crippen LogP contribution < -0.4 is 5.73 Å². The molecule has 48 valence electrons. The van der Waals surface area contributed by atoms with Crippen LogP contribution in [0.3, 0.4) is 0 Å². The molecule has 1 aromatic rings. The van der Waals surface area contributed by atoms with Crippen molar-refractivity contribution in [2.24, 2.45) is 0 Å². The third-order valence-electron chi connectivity index (χ3n) is 0.958. The zero-order valence-corrected chi connectivity index (χ0v) is 5.43. The van der Waals surface area contributed by atoms with E-state index in [4.69, 9.17) is 10.9 Å². The van der Waals surface area contributed by atoms with Crippen LogP contribution in [-0.2, 0) is 0 Å². The number of rotatable bonds is 0. The predicted molar refractivity (Wildman–Crippen MR) is 36.9 cm³/mol. The first kappa shape index (κ1) is 6.10. The van der Waals surface area contributed by atoms with Gasteiger partial charge in [-0.15, -0.1) is 0 Å². The van der Waals surface area contributed by atoms with Crippen LogP contribution in [0.25, 0.3) is 0 Å². The summed E-state index contributed by atoms with van der Waals surface area (Å²) in [6.45, 7) is 0. The predicted octanol–water partition coefficient (Wildman–Crippen LogP) is 1.04. The largest absolute Gasteiger partial charge is 0.428 e. The van der Waals surface area contributed by atoms with Crippen molar-refractivity contribution in [1.82, 2.24) is 4.73 Å². The Bertz CT molecular complexity index is 245. The van der Waals surface area contributed by atoms with Crippen LogP contribution in [0.5, 0.6) is 0 Å². The molecule has 0 aliphatic rings. The maximum Gasteiger partial charge on any atom is 0.165 e. The molecule has 0 fully saturated rings. The van der Waals surface area contributed by atoms with E-state index in [-0.39, 0.29) is 4.64 Å². The first-order valence-electron chi connectivity index (χ1n) is 2.38. The standard InChI is InChI=1S/C5H6N2OS/c6-4-2-1-3-7(8)5(4)9/h1-3,8H,6H2. The molecule has 9 heavy (non-hydrogen) atoms. The second kappa shape index (κ2) is 2.06. The lowest BCUT2D eigenvalue weighted by Crippen LogP contribution is -1.96. The molecule has 0 unspecified atom stereocenters. The zero-order valence-electron chi connectivity index (χ0n) is 4.61. The Morgan fingerprint density at radius 3 is 2.78 bits per heavy atom. The van der Waals surface area contributed by atoms with Gasteiger partial charge in [-0.25, -0.2) is 0 Å². The van der Waals surface area contributed by atoms with Crippen molar-refractivity contribution in [3.63, 3.8) is 0 Å². The minimum Gasteiger partial charge on any atom is -0.428 e. The van der Waals surface area contributed by atoms with Crippen LogP contribution in [0.4, 0.5) is 5.69 Å². The van der Waals surface area contributed by atoms with Crippen molar-refractivity contribution < 1.29 is 5.21 Å². The number of nitrogens with zero attached hydrogens (tertiary/aromatic N) is 1. The van der Waals surface area contributed by atoms with E-state index in [1.807, 2.05) is 0 Å². The quantitative estimate of drug-likeness (QED) is 0.420. The summed E-state index contributed by atoms with van der Waals surface area (Å²) < 4.78 is 1.06. The average molecular weight is 142 g/mol. The number of aromatic nitrogens is 1. The van der Waals surface area contributed by atoms with Crippen LogP contribution in [0, 0.1) is 4.64 Å². The van der Waals surface area contributed by atoms with Gasteiger partial charge in [-0.2, -0.15) is 4.73 Å². The molecule has 0 radical (unpaired) electrons. The minimum absolute atomic E-state index is 0.248. The number of nitrogen functional groups attached to an aromatic ring is 1. The van der Waals surface area contributed by atoms with E-state index in [0.29, 0.717) is 5.69 Å². The summed E-state index contributed by atoms with van der Waals surface area (Å²) in [5.41, 5.74) is 5.75. The number of hydrogen-bond donors (Lipinski definition) is 2. The molecule has 4 heteroatoms. The first-order valence-corrected chi connectivity index (χ1v) is 2.79. The lowest BCUT2D eigenvalue weighted by atomic mass is 10.4. The van der Waals surface area contributed by atoms with Crippen molar-refractivity contribution in [2.45, 2.75) is 0 Å². The van der Waals surface area contributed by atoms with Gasteiger partial charge in [0.25, 0.3) is 0 Å². The summed E-state index contributed by atoms with van der Waals surface area (Å²) >= 11 is 4.68. The molecule has 0 atom stereocenters. The van der Waals surface area contributed by atoms with Crippen molar-refractivity contribution in [2.75, 3.05) is 5.73 Å². The van der Waals surface area contributed by atoms with Crippen LogP contribution in [0.15, 0.2) is 18.3 Å². The van der Waals surface area contributed by atoms with Gasteiger partial charge in [-0.3, -0.25) is 0 Å². The Hall–Kier alpha value is -1.03. The fraction of sp³-hybridized carbons (Fsp3) is 0. The Kier molecular flexibility index (Phi) is 1.40. The average Bonchev–Trinajstić information content (AvgIpc) is 1.83. The maximum atomic E-state index is 8.83. The summed E-state index contributed by atoms with van der Waals surface area (Å²) in [5, 5.41) is 8.83. The van der Waals surface area contributed by atoms with Crippen molar-refractivity contribution in [3.8, 4) is 0 Å². The minimum atomic E-state index is 0.248. The molecule has 0 amide bonds. The summed E-state index contributed by atoms with van der Waals surface area (Å²) in [7, 11) is 0. The molecule has 0 bridgehead atoms. The van der Waals surface area contributed by atoms with Gasteiger partial charge in [0.05, 0.1) is 5.69 Å². The second-order valence-electron chi connectivity index (χ2n) is 1.61. The fourth-order valence-corrected chi connectivity index (χ4v) is 0.628. The first-order chi connectivity index (χ1) is 4.22. The van der Waals surface area contributed by atoms with E-state index in [2.05, 4.69) is 12.2 Å². The van der Waals surface area contributed by atoms with Crippen LogP contribution >= 0.6 is 12.2 Å². The van der Waals surface area contributed by atoms with Gasteiger partial charge in [-0.05, 0) is 12.1 Å². The zero-order chi connectivity index (χ0) is 6.85. The van der Waals surface area contributed by atoms with E-state index in [0.717, 1.165) is 4.73 Å². The number of hydrogen-bond acceptors (Lipinski definition) is 3. The summed E-state index contributed by atoms with van der Waals surface area (Å²) in [5.74, 6) is 0. The summed E-state index contributed by atoms with van der Waals surface area (Å²) in [4.78, 5) is 0. The highest BCUT2D eigenvalue weighted by Gasteiger charge is 1.88. The monoisotopic (exact) mass is 142 g/mol. The smallest absolute Gasteiger partial charge is 0.165 e. The molecule has 1 aromatic heterocycles. The van der Waals surface area contributed by atoms with E-state index in [1.54, 1.807) is 12.1 Å². The van der Waals surface area contributed by atoms with Gasteiger partial charge in [0.2, 0.25) is 0 Å². The van der Waals surface area contributed by atoms with Crippen LogP contribution in [0.2, 0.25) is 0 Å². The molecule has 0 aliphatic carbocycles. The van der Waals surface area contributed by atoms with Crippen LogP contribution in [0.1, 0.15) is 0 Å². The molecule has 1 rings (SSSR count). The topological polar surface area (TPSA) is 51.2 Å². The van der Waals surface area contributed by atoms with E-state index >= 15 is 0 Å². The van der Waals surface area contributed by atoms with Gasteiger partial charge >= 0.3 is 0 Å². The van der Waals surface area contributed by atoms with Gasteiger partial charge < -0.3 is 10.9 Å². The molecule has 0 saturated heterocycles. The van der Waals surface area contributed by atoms with Crippen molar-refractivity contribution in [1.29, 1.82) is 0 Å². The molecule has 3 N–H and O–H groups in total. The second-order valence-corrected chi connectivity index (χ2v) is 2.00. The third-order valence-corrected chi connectivity index (χ3v) is 1.38. The highest BCUT2D eigenvalue weighted by Crippen LogP contribution is 2.01. The number of pyridine rings is 1. The van der Waals surface area contributed by atoms with Crippen molar-refractivity contribution >= 4 is 17.9 Å². The van der Waals surface area contributed by atoms with Crippen LogP contribution in [-0.4, -0.2) is 9.94 Å². The fourth-order valence-electron chi connectivity index (χ4n) is 0.499.